The second-order valence-electron chi connectivity index (χ2n) is 4.16. The Morgan fingerprint density at radius 3 is 2.78 bits per heavy atom. The zero-order valence-electron chi connectivity index (χ0n) is 9.91. The lowest BCUT2D eigenvalue weighted by Crippen LogP contribution is -1.92. The van der Waals surface area contributed by atoms with Crippen molar-refractivity contribution in [3.8, 4) is 0 Å². The molecule has 0 saturated heterocycles. The van der Waals surface area contributed by atoms with Crippen molar-refractivity contribution in [3.05, 3.63) is 40.2 Å². The van der Waals surface area contributed by atoms with Gasteiger partial charge in [0.2, 0.25) is 0 Å². The van der Waals surface area contributed by atoms with Gasteiger partial charge in [0.05, 0.1) is 4.92 Å². The molecule has 0 aliphatic carbocycles. The van der Waals surface area contributed by atoms with E-state index in [4.69, 9.17) is 0 Å². The largest absolute Gasteiger partial charge is 0.295 e. The highest BCUT2D eigenvalue weighted by atomic mass is 16.6. The number of para-hydroxylation sites is 1. The van der Waals surface area contributed by atoms with E-state index in [1.807, 2.05) is 20.0 Å². The summed E-state index contributed by atoms with van der Waals surface area (Å²) >= 11 is 0. The van der Waals surface area contributed by atoms with Crippen molar-refractivity contribution < 1.29 is 4.92 Å². The molecule has 2 aromatic heterocycles. The molecule has 0 aliphatic heterocycles. The van der Waals surface area contributed by atoms with Gasteiger partial charge in [0.1, 0.15) is 11.0 Å². The molecule has 90 valence electrons. The molecule has 0 saturated carbocycles. The van der Waals surface area contributed by atoms with E-state index in [1.54, 1.807) is 16.9 Å². The zero-order chi connectivity index (χ0) is 12.9. The average molecular weight is 242 g/mol. The molecule has 3 rings (SSSR count). The van der Waals surface area contributed by atoms with Gasteiger partial charge in [-0.05, 0) is 6.92 Å². The average Bonchev–Trinajstić information content (AvgIpc) is 2.65. The Bertz CT molecular complexity index is 791. The Kier molecular flexibility index (Phi) is 2.07. The van der Waals surface area contributed by atoms with Crippen molar-refractivity contribution in [1.29, 1.82) is 0 Å². The Labute approximate surface area is 102 Å². The molecule has 6 nitrogen and oxygen atoms in total. The van der Waals surface area contributed by atoms with E-state index >= 15 is 0 Å². The first-order valence-electron chi connectivity index (χ1n) is 5.45. The lowest BCUT2D eigenvalue weighted by molar-refractivity contribution is -0.383. The molecule has 0 radical (unpaired) electrons. The third-order valence-electron chi connectivity index (χ3n) is 3.17. The summed E-state index contributed by atoms with van der Waals surface area (Å²) in [6.07, 6.45) is 1.65. The van der Waals surface area contributed by atoms with Crippen LogP contribution in [0.5, 0.6) is 0 Å². The lowest BCUT2D eigenvalue weighted by atomic mass is 10.1. The highest BCUT2D eigenvalue weighted by Gasteiger charge is 2.16. The summed E-state index contributed by atoms with van der Waals surface area (Å²) in [6, 6.07) is 4.92. The second-order valence-corrected chi connectivity index (χ2v) is 4.16. The third-order valence-corrected chi connectivity index (χ3v) is 3.17. The van der Waals surface area contributed by atoms with E-state index in [-0.39, 0.29) is 5.69 Å². The van der Waals surface area contributed by atoms with Crippen LogP contribution in [-0.2, 0) is 7.05 Å². The van der Waals surface area contributed by atoms with Crippen LogP contribution < -0.4 is 0 Å². The Morgan fingerprint density at radius 1 is 1.28 bits per heavy atom. The molecule has 0 aliphatic rings. The van der Waals surface area contributed by atoms with E-state index in [0.29, 0.717) is 10.9 Å². The minimum absolute atomic E-state index is 0.0118. The number of hydrogen-bond donors (Lipinski definition) is 0. The fraction of sp³-hybridized carbons (Fsp3) is 0.167. The quantitative estimate of drug-likeness (QED) is 0.485. The van der Waals surface area contributed by atoms with Crippen LogP contribution in [0.4, 0.5) is 5.69 Å². The molecule has 0 spiro atoms. The van der Waals surface area contributed by atoms with Gasteiger partial charge in [-0.2, -0.15) is 5.10 Å². The fourth-order valence-electron chi connectivity index (χ4n) is 2.11. The molecule has 18 heavy (non-hydrogen) atoms. The fourth-order valence-corrected chi connectivity index (χ4v) is 2.11. The molecule has 6 heteroatoms. The van der Waals surface area contributed by atoms with Crippen molar-refractivity contribution in [2.75, 3.05) is 0 Å². The van der Waals surface area contributed by atoms with Gasteiger partial charge in [0.15, 0.2) is 0 Å². The van der Waals surface area contributed by atoms with E-state index in [9.17, 15) is 10.1 Å². The van der Waals surface area contributed by atoms with Gasteiger partial charge in [0.25, 0.3) is 5.69 Å². The summed E-state index contributed by atoms with van der Waals surface area (Å²) in [6.45, 7) is 1.94. The lowest BCUT2D eigenvalue weighted by Gasteiger charge is -1.99. The Balaban J connectivity index is 2.53. The van der Waals surface area contributed by atoms with Gasteiger partial charge in [-0.15, -0.1) is 0 Å². The third kappa shape index (κ3) is 1.29. The van der Waals surface area contributed by atoms with E-state index < -0.39 is 4.92 Å². The molecule has 0 atom stereocenters. The second kappa shape index (κ2) is 3.49. The molecule has 0 unspecified atom stereocenters. The van der Waals surface area contributed by atoms with Crippen LogP contribution in [0.15, 0.2) is 24.4 Å². The van der Waals surface area contributed by atoms with Crippen molar-refractivity contribution in [1.82, 2.24) is 14.8 Å². The van der Waals surface area contributed by atoms with Crippen LogP contribution in [0.3, 0.4) is 0 Å². The monoisotopic (exact) mass is 242 g/mol. The first-order valence-corrected chi connectivity index (χ1v) is 5.45. The number of rotatable bonds is 1. The van der Waals surface area contributed by atoms with Gasteiger partial charge < -0.3 is 0 Å². The standard InChI is InChI=1S/C12H10N4O2/c1-7-9-6-13-12-8(11(9)14-15(7)2)4-3-5-10(12)16(17)18/h3-6H,1-2H3. The topological polar surface area (TPSA) is 73.8 Å². The summed E-state index contributed by atoms with van der Waals surface area (Å²) < 4.78 is 1.75. The normalized spacial score (nSPS) is 11.2. The summed E-state index contributed by atoms with van der Waals surface area (Å²) in [7, 11) is 1.85. The smallest absolute Gasteiger partial charge is 0.272 e. The van der Waals surface area contributed by atoms with Crippen LogP contribution in [-0.4, -0.2) is 19.7 Å². The first-order chi connectivity index (χ1) is 8.59. The van der Waals surface area contributed by atoms with Gasteiger partial charge in [-0.3, -0.25) is 14.8 Å². The van der Waals surface area contributed by atoms with Crippen molar-refractivity contribution >= 4 is 27.5 Å². The number of nitrogens with zero attached hydrogens (tertiary/aromatic N) is 4. The number of hydrogen-bond acceptors (Lipinski definition) is 4. The van der Waals surface area contributed by atoms with Gasteiger partial charge in [-0.1, -0.05) is 12.1 Å². The summed E-state index contributed by atoms with van der Waals surface area (Å²) in [5.74, 6) is 0. The number of non-ortho nitro benzene ring substituents is 1. The number of aryl methyl sites for hydroxylation is 2. The molecular weight excluding hydrogens is 232 g/mol. The summed E-state index contributed by atoms with van der Waals surface area (Å²) in [5.41, 5.74) is 2.14. The maximum absolute atomic E-state index is 11.0. The van der Waals surface area contributed by atoms with E-state index in [0.717, 1.165) is 16.6 Å². The number of nitro groups is 1. The van der Waals surface area contributed by atoms with Crippen LogP contribution in [0.25, 0.3) is 21.8 Å². The molecular formula is C12H10N4O2. The number of pyridine rings is 1. The predicted octanol–water partition coefficient (Wildman–Crippen LogP) is 2.34. The Hall–Kier alpha value is -2.50. The highest BCUT2D eigenvalue weighted by Crippen LogP contribution is 2.29. The van der Waals surface area contributed by atoms with E-state index in [2.05, 4.69) is 10.1 Å². The SMILES string of the molecule is Cc1c2cnc3c([N+](=O)[O-])cccc3c2nn1C. The minimum atomic E-state index is -0.420. The number of benzene rings is 1. The van der Waals surface area contributed by atoms with Crippen LogP contribution in [0, 0.1) is 17.0 Å². The number of aromatic nitrogens is 3. The number of fused-ring (bicyclic) bond motifs is 3. The molecule has 3 aromatic rings. The minimum Gasteiger partial charge on any atom is -0.272 e. The molecule has 0 fully saturated rings. The molecule has 1 aromatic carbocycles. The maximum Gasteiger partial charge on any atom is 0.295 e. The molecule has 0 bridgehead atoms. The predicted molar refractivity (Wildman–Crippen MR) is 67.4 cm³/mol. The zero-order valence-corrected chi connectivity index (χ0v) is 9.91. The summed E-state index contributed by atoms with van der Waals surface area (Å²) in [4.78, 5) is 14.8. The van der Waals surface area contributed by atoms with Crippen LogP contribution in [0.2, 0.25) is 0 Å². The Morgan fingerprint density at radius 2 is 2.06 bits per heavy atom. The van der Waals surface area contributed by atoms with Crippen molar-refractivity contribution in [3.63, 3.8) is 0 Å². The van der Waals surface area contributed by atoms with Gasteiger partial charge in [-0.25, -0.2) is 4.98 Å². The van der Waals surface area contributed by atoms with E-state index in [1.165, 1.54) is 6.07 Å². The van der Waals surface area contributed by atoms with Gasteiger partial charge >= 0.3 is 0 Å². The molecule has 0 amide bonds. The maximum atomic E-state index is 11.0. The van der Waals surface area contributed by atoms with Crippen LogP contribution in [0.1, 0.15) is 5.69 Å². The molecule has 2 heterocycles. The highest BCUT2D eigenvalue weighted by molar-refractivity contribution is 6.06. The first kappa shape index (κ1) is 10.6. The molecule has 0 N–H and O–H groups in total. The van der Waals surface area contributed by atoms with Crippen molar-refractivity contribution in [2.24, 2.45) is 7.05 Å². The number of nitro benzene ring substituents is 1. The van der Waals surface area contributed by atoms with Crippen molar-refractivity contribution in [2.45, 2.75) is 6.92 Å². The van der Waals surface area contributed by atoms with Crippen LogP contribution >= 0.6 is 0 Å². The summed E-state index contributed by atoms with van der Waals surface area (Å²) in [5, 5.41) is 17.0. The van der Waals surface area contributed by atoms with Gasteiger partial charge in [0, 0.05) is 35.8 Å².